The van der Waals surface area contributed by atoms with Gasteiger partial charge in [-0.3, -0.25) is 4.79 Å². The fourth-order valence-electron chi connectivity index (χ4n) is 3.99. The third-order valence-corrected chi connectivity index (χ3v) is 6.58. The number of halogens is 1. The third kappa shape index (κ3) is 7.37. The van der Waals surface area contributed by atoms with Crippen LogP contribution < -0.4 is 19.6 Å². The van der Waals surface area contributed by atoms with Crippen molar-refractivity contribution in [3.8, 4) is 22.9 Å². The number of aryl methyl sites for hydroxylation is 2. The SMILES string of the molecule is CCOc1cc(/C=N/NC(=O)c2ccc(COc3ccc(-n4c(C)ccc4C)cc3)o2)cc(Br)c1O[C@H](C)C(=O)O. The Morgan fingerprint density at radius 3 is 2.44 bits per heavy atom. The number of hydrazone groups is 1. The lowest BCUT2D eigenvalue weighted by atomic mass is 10.2. The molecule has 0 fully saturated rings. The lowest BCUT2D eigenvalue weighted by Crippen LogP contribution is -2.23. The van der Waals surface area contributed by atoms with Crippen molar-refractivity contribution in [3.05, 3.63) is 93.6 Å². The maximum atomic E-state index is 12.5. The summed E-state index contributed by atoms with van der Waals surface area (Å²) in [4.78, 5) is 23.7. The number of ether oxygens (including phenoxy) is 3. The Morgan fingerprint density at radius 1 is 1.07 bits per heavy atom. The Kier molecular flexibility index (Phi) is 9.51. The highest BCUT2D eigenvalue weighted by Crippen LogP contribution is 2.37. The van der Waals surface area contributed by atoms with E-state index in [2.05, 4.69) is 57.0 Å². The van der Waals surface area contributed by atoms with Crippen LogP contribution in [-0.2, 0) is 11.4 Å². The number of nitrogens with one attached hydrogen (secondary N) is 1. The third-order valence-electron chi connectivity index (χ3n) is 5.99. The molecule has 0 saturated heterocycles. The highest BCUT2D eigenvalue weighted by Gasteiger charge is 2.19. The van der Waals surface area contributed by atoms with Gasteiger partial charge in [-0.05, 0) is 110 Å². The van der Waals surface area contributed by atoms with E-state index in [0.29, 0.717) is 33.9 Å². The first kappa shape index (κ1) is 29.5. The lowest BCUT2D eigenvalue weighted by Gasteiger charge is -2.16. The molecule has 1 amide bonds. The minimum Gasteiger partial charge on any atom is -0.490 e. The molecule has 0 aliphatic rings. The van der Waals surface area contributed by atoms with Gasteiger partial charge in [-0.15, -0.1) is 0 Å². The van der Waals surface area contributed by atoms with Gasteiger partial charge < -0.3 is 28.3 Å². The van der Waals surface area contributed by atoms with Gasteiger partial charge in [0.15, 0.2) is 23.4 Å². The summed E-state index contributed by atoms with van der Waals surface area (Å²) >= 11 is 3.38. The maximum Gasteiger partial charge on any atom is 0.344 e. The van der Waals surface area contributed by atoms with Gasteiger partial charge in [-0.25, -0.2) is 10.2 Å². The molecular formula is C30H30BrN3O7. The summed E-state index contributed by atoms with van der Waals surface area (Å²) in [6.45, 7) is 7.83. The molecule has 0 radical (unpaired) electrons. The lowest BCUT2D eigenvalue weighted by molar-refractivity contribution is -0.144. The largest absolute Gasteiger partial charge is 0.490 e. The topological polar surface area (TPSA) is 125 Å². The van der Waals surface area contributed by atoms with Crippen molar-refractivity contribution in [3.63, 3.8) is 0 Å². The quantitative estimate of drug-likeness (QED) is 0.145. The van der Waals surface area contributed by atoms with Crippen LogP contribution in [-0.4, -0.2) is 40.5 Å². The summed E-state index contributed by atoms with van der Waals surface area (Å²) in [5.41, 5.74) is 6.36. The monoisotopic (exact) mass is 623 g/mol. The summed E-state index contributed by atoms with van der Waals surface area (Å²) < 4.78 is 25.2. The number of carbonyl (C=O) groups is 2. The standard InChI is InChI=1S/C30H30BrN3O7/c1-5-38-27-15-21(14-25(31)28(27)40-20(4)30(36)37)16-32-33-29(35)26-13-12-24(41-26)17-39-23-10-8-22(9-11-23)34-18(2)6-7-19(34)3/h6-16,20H,5,17H2,1-4H3,(H,33,35)(H,36,37)/b32-16+/t20-/m1/s1. The molecule has 0 unspecified atom stereocenters. The average Bonchev–Trinajstić information content (AvgIpc) is 3.55. The Balaban J connectivity index is 1.34. The molecule has 41 heavy (non-hydrogen) atoms. The molecule has 214 valence electrons. The zero-order chi connectivity index (χ0) is 29.5. The smallest absolute Gasteiger partial charge is 0.344 e. The fraction of sp³-hybridized carbons (Fsp3) is 0.233. The predicted octanol–water partition coefficient (Wildman–Crippen LogP) is 6.04. The number of hydrogen-bond acceptors (Lipinski definition) is 7. The molecule has 1 atom stereocenters. The highest BCUT2D eigenvalue weighted by atomic mass is 79.9. The first-order valence-electron chi connectivity index (χ1n) is 12.8. The Labute approximate surface area is 245 Å². The molecule has 4 aromatic rings. The molecule has 4 rings (SSSR count). The average molecular weight is 624 g/mol. The molecule has 2 heterocycles. The zero-order valence-electron chi connectivity index (χ0n) is 23.0. The van der Waals surface area contributed by atoms with Crippen molar-refractivity contribution in [2.45, 2.75) is 40.4 Å². The molecule has 2 aromatic heterocycles. The molecular weight excluding hydrogens is 594 g/mol. The molecule has 2 N–H and O–H groups in total. The number of carboxylic acid groups (broad SMARTS) is 1. The molecule has 0 aliphatic heterocycles. The first-order chi connectivity index (χ1) is 19.7. The second kappa shape index (κ2) is 13.2. The fourth-order valence-corrected chi connectivity index (χ4v) is 4.54. The minimum absolute atomic E-state index is 0.0808. The van der Waals surface area contributed by atoms with Crippen molar-refractivity contribution in [2.24, 2.45) is 5.10 Å². The molecule has 11 heteroatoms. The number of furan rings is 1. The number of benzene rings is 2. The molecule has 0 saturated carbocycles. The number of hydrogen-bond donors (Lipinski definition) is 2. The van der Waals surface area contributed by atoms with E-state index in [1.807, 2.05) is 24.3 Å². The van der Waals surface area contributed by atoms with Crippen LogP contribution in [0.3, 0.4) is 0 Å². The van der Waals surface area contributed by atoms with Crippen LogP contribution in [0, 0.1) is 13.8 Å². The van der Waals surface area contributed by atoms with Gasteiger partial charge in [0.1, 0.15) is 18.1 Å². The summed E-state index contributed by atoms with van der Waals surface area (Å²) in [6, 6.07) is 18.4. The molecule has 2 aromatic carbocycles. The van der Waals surface area contributed by atoms with Crippen molar-refractivity contribution >= 4 is 34.0 Å². The van der Waals surface area contributed by atoms with E-state index in [1.54, 1.807) is 31.2 Å². The predicted molar refractivity (Wildman–Crippen MR) is 156 cm³/mol. The van der Waals surface area contributed by atoms with Gasteiger partial charge in [0.05, 0.1) is 17.3 Å². The summed E-state index contributed by atoms with van der Waals surface area (Å²) in [6.07, 6.45) is 0.348. The molecule has 10 nitrogen and oxygen atoms in total. The molecule has 0 aliphatic carbocycles. The number of aromatic nitrogens is 1. The Morgan fingerprint density at radius 2 is 1.78 bits per heavy atom. The van der Waals surface area contributed by atoms with Crippen LogP contribution in [0.4, 0.5) is 0 Å². The van der Waals surface area contributed by atoms with Crippen LogP contribution in [0.25, 0.3) is 5.69 Å². The van der Waals surface area contributed by atoms with Crippen LogP contribution in [0.15, 0.2) is 74.7 Å². The van der Waals surface area contributed by atoms with Gasteiger partial charge in [0.25, 0.3) is 0 Å². The summed E-state index contributed by atoms with van der Waals surface area (Å²) in [5.74, 6) is 0.198. The zero-order valence-corrected chi connectivity index (χ0v) is 24.6. The summed E-state index contributed by atoms with van der Waals surface area (Å²) in [5, 5.41) is 13.1. The van der Waals surface area contributed by atoms with Gasteiger partial charge >= 0.3 is 11.9 Å². The van der Waals surface area contributed by atoms with Crippen molar-refractivity contribution in [1.29, 1.82) is 0 Å². The van der Waals surface area contributed by atoms with E-state index in [-0.39, 0.29) is 18.1 Å². The second-order valence-electron chi connectivity index (χ2n) is 9.06. The van der Waals surface area contributed by atoms with Crippen molar-refractivity contribution < 1.29 is 33.3 Å². The Bertz CT molecular complexity index is 1540. The van der Waals surface area contributed by atoms with E-state index in [9.17, 15) is 9.59 Å². The number of nitrogens with zero attached hydrogens (tertiary/aromatic N) is 2. The van der Waals surface area contributed by atoms with Crippen LogP contribution in [0.5, 0.6) is 17.2 Å². The second-order valence-corrected chi connectivity index (χ2v) is 9.91. The van der Waals surface area contributed by atoms with E-state index in [1.165, 1.54) is 13.1 Å². The molecule has 0 bridgehead atoms. The van der Waals surface area contributed by atoms with E-state index >= 15 is 0 Å². The minimum atomic E-state index is -1.10. The number of rotatable bonds is 12. The van der Waals surface area contributed by atoms with Gasteiger partial charge in [0, 0.05) is 17.1 Å². The Hall–Kier alpha value is -4.51. The number of aliphatic carboxylic acids is 1. The maximum absolute atomic E-state index is 12.5. The van der Waals surface area contributed by atoms with Crippen LogP contribution in [0.2, 0.25) is 0 Å². The van der Waals surface area contributed by atoms with E-state index < -0.39 is 18.0 Å². The number of carbonyl (C=O) groups excluding carboxylic acids is 1. The van der Waals surface area contributed by atoms with E-state index in [0.717, 1.165) is 17.1 Å². The van der Waals surface area contributed by atoms with Crippen molar-refractivity contribution in [1.82, 2.24) is 9.99 Å². The highest BCUT2D eigenvalue weighted by molar-refractivity contribution is 9.10. The normalized spacial score (nSPS) is 11.8. The van der Waals surface area contributed by atoms with Gasteiger partial charge in [0.2, 0.25) is 0 Å². The number of amides is 1. The van der Waals surface area contributed by atoms with Crippen LogP contribution in [0.1, 0.15) is 47.1 Å². The van der Waals surface area contributed by atoms with Crippen LogP contribution >= 0.6 is 15.9 Å². The van der Waals surface area contributed by atoms with Gasteiger partial charge in [-0.2, -0.15) is 5.10 Å². The van der Waals surface area contributed by atoms with E-state index in [4.69, 9.17) is 23.7 Å². The first-order valence-corrected chi connectivity index (χ1v) is 13.6. The van der Waals surface area contributed by atoms with Crippen molar-refractivity contribution in [2.75, 3.05) is 6.61 Å². The summed E-state index contributed by atoms with van der Waals surface area (Å²) in [7, 11) is 0. The molecule has 0 spiro atoms. The van der Waals surface area contributed by atoms with Gasteiger partial charge in [-0.1, -0.05) is 0 Å². The number of carboxylic acids is 1.